The average Bonchev–Trinajstić information content (AvgIpc) is 2.85. The normalized spacial score (nSPS) is 24.8. The molecule has 18 heavy (non-hydrogen) atoms. The van der Waals surface area contributed by atoms with Crippen LogP contribution in [0, 0.1) is 5.92 Å². The summed E-state index contributed by atoms with van der Waals surface area (Å²) in [7, 11) is 0. The zero-order valence-electron chi connectivity index (χ0n) is 11.3. The van der Waals surface area contributed by atoms with E-state index in [2.05, 4.69) is 10.2 Å². The van der Waals surface area contributed by atoms with Crippen molar-refractivity contribution in [1.82, 2.24) is 10.2 Å². The van der Waals surface area contributed by atoms with Crippen LogP contribution < -0.4 is 10.6 Å². The number of nitrogens with zero attached hydrogens (tertiary/aromatic N) is 3. The SMILES string of the molecule is CC(C)(C)c1nnc(N2C[C@@H](CCO)[C@H](N)C2)o1. The van der Waals surface area contributed by atoms with E-state index < -0.39 is 0 Å². The van der Waals surface area contributed by atoms with Crippen molar-refractivity contribution >= 4 is 6.01 Å². The molecule has 0 spiro atoms. The highest BCUT2D eigenvalue weighted by molar-refractivity contribution is 5.28. The molecule has 1 fully saturated rings. The van der Waals surface area contributed by atoms with E-state index in [1.54, 1.807) is 0 Å². The Balaban J connectivity index is 2.07. The van der Waals surface area contributed by atoms with E-state index in [-0.39, 0.29) is 18.1 Å². The summed E-state index contributed by atoms with van der Waals surface area (Å²) < 4.78 is 5.69. The van der Waals surface area contributed by atoms with Crippen LogP contribution in [0.2, 0.25) is 0 Å². The lowest BCUT2D eigenvalue weighted by atomic mass is 9.97. The van der Waals surface area contributed by atoms with Crippen LogP contribution in [0.15, 0.2) is 4.42 Å². The smallest absolute Gasteiger partial charge is 0.318 e. The fourth-order valence-corrected chi connectivity index (χ4v) is 2.17. The Kier molecular flexibility index (Phi) is 3.59. The minimum absolute atomic E-state index is 0.0575. The summed E-state index contributed by atoms with van der Waals surface area (Å²) in [4.78, 5) is 2.01. The maximum absolute atomic E-state index is 8.99. The average molecular weight is 254 g/mol. The Labute approximate surface area is 107 Å². The summed E-state index contributed by atoms with van der Waals surface area (Å²) in [6.45, 7) is 7.75. The van der Waals surface area contributed by atoms with Crippen LogP contribution in [0.5, 0.6) is 0 Å². The molecule has 0 saturated carbocycles. The second-order valence-electron chi connectivity index (χ2n) is 5.98. The highest BCUT2D eigenvalue weighted by Gasteiger charge is 2.33. The molecule has 0 aromatic carbocycles. The lowest BCUT2D eigenvalue weighted by Crippen LogP contribution is -2.30. The Morgan fingerprint density at radius 1 is 1.39 bits per heavy atom. The van der Waals surface area contributed by atoms with Gasteiger partial charge in [-0.3, -0.25) is 0 Å². The predicted octanol–water partition coefficient (Wildman–Crippen LogP) is 0.513. The standard InChI is InChI=1S/C12H22N4O2/c1-12(2,3)10-14-15-11(18-10)16-6-8(4-5-17)9(13)7-16/h8-9,17H,4-7,13H2,1-3H3/t8-,9-/m1/s1. The summed E-state index contributed by atoms with van der Waals surface area (Å²) in [5.41, 5.74) is 5.90. The Bertz CT molecular complexity index is 399. The van der Waals surface area contributed by atoms with Crippen molar-refractivity contribution in [3.05, 3.63) is 5.89 Å². The van der Waals surface area contributed by atoms with E-state index in [0.29, 0.717) is 24.4 Å². The van der Waals surface area contributed by atoms with E-state index in [0.717, 1.165) is 13.0 Å². The zero-order valence-corrected chi connectivity index (χ0v) is 11.3. The van der Waals surface area contributed by atoms with Crippen LogP contribution in [-0.4, -0.2) is 41.0 Å². The van der Waals surface area contributed by atoms with Gasteiger partial charge in [0.1, 0.15) is 0 Å². The van der Waals surface area contributed by atoms with Crippen molar-refractivity contribution < 1.29 is 9.52 Å². The summed E-state index contributed by atoms with van der Waals surface area (Å²) >= 11 is 0. The summed E-state index contributed by atoms with van der Waals surface area (Å²) in [6.07, 6.45) is 0.720. The number of aliphatic hydroxyl groups excluding tert-OH is 1. The molecule has 6 nitrogen and oxygen atoms in total. The molecule has 2 rings (SSSR count). The van der Waals surface area contributed by atoms with Crippen LogP contribution in [0.1, 0.15) is 33.1 Å². The van der Waals surface area contributed by atoms with Gasteiger partial charge < -0.3 is 20.2 Å². The summed E-state index contributed by atoms with van der Waals surface area (Å²) in [5.74, 6) is 0.927. The van der Waals surface area contributed by atoms with Gasteiger partial charge in [-0.25, -0.2) is 0 Å². The molecule has 1 aliphatic rings. The van der Waals surface area contributed by atoms with E-state index >= 15 is 0 Å². The topological polar surface area (TPSA) is 88.4 Å². The maximum atomic E-state index is 8.99. The third-order valence-electron chi connectivity index (χ3n) is 3.32. The monoisotopic (exact) mass is 254 g/mol. The molecule has 2 heterocycles. The van der Waals surface area contributed by atoms with Crippen LogP contribution in [0.4, 0.5) is 6.01 Å². The quantitative estimate of drug-likeness (QED) is 0.817. The van der Waals surface area contributed by atoms with E-state index in [4.69, 9.17) is 15.3 Å². The Morgan fingerprint density at radius 2 is 2.11 bits per heavy atom. The van der Waals surface area contributed by atoms with Gasteiger partial charge in [-0.05, 0) is 12.3 Å². The molecule has 0 unspecified atom stereocenters. The van der Waals surface area contributed by atoms with Gasteiger partial charge in [0.05, 0.1) is 0 Å². The van der Waals surface area contributed by atoms with Gasteiger partial charge in [-0.2, -0.15) is 0 Å². The van der Waals surface area contributed by atoms with Crippen molar-refractivity contribution in [3.8, 4) is 0 Å². The number of aromatic nitrogens is 2. The Hall–Kier alpha value is -1.14. The van der Waals surface area contributed by atoms with Crippen LogP contribution in [-0.2, 0) is 5.41 Å². The molecule has 6 heteroatoms. The number of aliphatic hydroxyl groups is 1. The second-order valence-corrected chi connectivity index (χ2v) is 5.98. The van der Waals surface area contributed by atoms with Gasteiger partial charge in [0.2, 0.25) is 5.89 Å². The van der Waals surface area contributed by atoms with Gasteiger partial charge in [0, 0.05) is 31.2 Å². The highest BCUT2D eigenvalue weighted by atomic mass is 16.4. The first-order valence-corrected chi connectivity index (χ1v) is 6.37. The van der Waals surface area contributed by atoms with Crippen molar-refractivity contribution in [1.29, 1.82) is 0 Å². The van der Waals surface area contributed by atoms with Crippen LogP contribution in [0.25, 0.3) is 0 Å². The first-order valence-electron chi connectivity index (χ1n) is 6.37. The number of rotatable bonds is 3. The molecule has 1 aliphatic heterocycles. The third-order valence-corrected chi connectivity index (χ3v) is 3.32. The second kappa shape index (κ2) is 4.85. The maximum Gasteiger partial charge on any atom is 0.318 e. The molecular formula is C12H22N4O2. The fraction of sp³-hybridized carbons (Fsp3) is 0.833. The van der Waals surface area contributed by atoms with Crippen LogP contribution in [0.3, 0.4) is 0 Å². The van der Waals surface area contributed by atoms with Crippen molar-refractivity contribution in [2.24, 2.45) is 11.7 Å². The minimum atomic E-state index is -0.141. The number of hydrogen-bond donors (Lipinski definition) is 2. The van der Waals surface area contributed by atoms with E-state index in [1.807, 2.05) is 25.7 Å². The molecule has 0 radical (unpaired) electrons. The molecule has 0 aliphatic carbocycles. The van der Waals surface area contributed by atoms with Crippen LogP contribution >= 0.6 is 0 Å². The predicted molar refractivity (Wildman–Crippen MR) is 68.4 cm³/mol. The molecule has 3 N–H and O–H groups in total. The van der Waals surface area contributed by atoms with Gasteiger partial charge in [-0.1, -0.05) is 25.9 Å². The minimum Gasteiger partial charge on any atom is -0.407 e. The first-order chi connectivity index (χ1) is 8.41. The molecule has 0 amide bonds. The van der Waals surface area contributed by atoms with Crippen molar-refractivity contribution in [3.63, 3.8) is 0 Å². The number of nitrogens with two attached hydrogens (primary N) is 1. The number of hydrogen-bond acceptors (Lipinski definition) is 6. The zero-order chi connectivity index (χ0) is 13.3. The third kappa shape index (κ3) is 2.64. The summed E-state index contributed by atoms with van der Waals surface area (Å²) in [5, 5.41) is 17.2. The van der Waals surface area contributed by atoms with Gasteiger partial charge in [0.15, 0.2) is 0 Å². The van der Waals surface area contributed by atoms with E-state index in [9.17, 15) is 0 Å². The van der Waals surface area contributed by atoms with Gasteiger partial charge in [-0.15, -0.1) is 5.10 Å². The fourth-order valence-electron chi connectivity index (χ4n) is 2.17. The lowest BCUT2D eigenvalue weighted by molar-refractivity contribution is 0.256. The lowest BCUT2D eigenvalue weighted by Gasteiger charge is -2.14. The van der Waals surface area contributed by atoms with Gasteiger partial charge >= 0.3 is 6.01 Å². The van der Waals surface area contributed by atoms with Gasteiger partial charge in [0.25, 0.3) is 0 Å². The molecule has 0 bridgehead atoms. The summed E-state index contributed by atoms with van der Waals surface area (Å²) in [6, 6.07) is 0.595. The molecule has 1 aromatic heterocycles. The molecular weight excluding hydrogens is 232 g/mol. The van der Waals surface area contributed by atoms with E-state index in [1.165, 1.54) is 0 Å². The molecule has 2 atom stereocenters. The first kappa shape index (κ1) is 13.3. The molecule has 1 aromatic rings. The largest absolute Gasteiger partial charge is 0.407 e. The highest BCUT2D eigenvalue weighted by Crippen LogP contribution is 2.27. The molecule has 1 saturated heterocycles. The van der Waals surface area contributed by atoms with Crippen molar-refractivity contribution in [2.75, 3.05) is 24.6 Å². The van der Waals surface area contributed by atoms with Crippen molar-refractivity contribution in [2.45, 2.75) is 38.6 Å². The number of anilines is 1. The molecule has 102 valence electrons. The Morgan fingerprint density at radius 3 is 2.67 bits per heavy atom.